The third-order valence-corrected chi connectivity index (χ3v) is 2.11. The number of nitrogens with zero attached hydrogens (tertiary/aromatic N) is 2. The van der Waals surface area contributed by atoms with Gasteiger partial charge in [0.2, 0.25) is 11.6 Å². The summed E-state index contributed by atoms with van der Waals surface area (Å²) in [6.45, 7) is -0.0994. The summed E-state index contributed by atoms with van der Waals surface area (Å²) in [7, 11) is 3.02. The van der Waals surface area contributed by atoms with Crippen molar-refractivity contribution in [3.05, 3.63) is 23.5 Å². The summed E-state index contributed by atoms with van der Waals surface area (Å²) in [4.78, 5) is 14.8. The first-order chi connectivity index (χ1) is 8.84. The Morgan fingerprint density at radius 3 is 2.11 bits per heavy atom. The molecule has 0 unspecified atom stereocenters. The average molecular weight is 280 g/mol. The molecule has 0 aliphatic rings. The molecule has 0 aromatic carbocycles. The van der Waals surface area contributed by atoms with Gasteiger partial charge in [-0.15, -0.1) is 0 Å². The van der Waals surface area contributed by atoms with Crippen molar-refractivity contribution in [3.63, 3.8) is 0 Å². The molecule has 1 heterocycles. The first-order valence-electron chi connectivity index (χ1n) is 5.23. The quantitative estimate of drug-likeness (QED) is 0.497. The van der Waals surface area contributed by atoms with Crippen LogP contribution in [0.2, 0.25) is 0 Å². The minimum absolute atomic E-state index is 0.0153. The maximum Gasteiger partial charge on any atom is 0.316 e. The Bertz CT molecular complexity index is 455. The third-order valence-electron chi connectivity index (χ3n) is 2.11. The minimum Gasteiger partial charge on any atom is -0.378 e. The van der Waals surface area contributed by atoms with Crippen LogP contribution in [0.25, 0.3) is 0 Å². The van der Waals surface area contributed by atoms with E-state index in [1.807, 2.05) is 0 Å². The number of nitrogens with one attached hydrogen (secondary N) is 2. The molecule has 0 aliphatic carbocycles. The van der Waals surface area contributed by atoms with E-state index in [2.05, 4.69) is 15.6 Å². The van der Waals surface area contributed by atoms with Gasteiger partial charge in [0.25, 0.3) is 11.9 Å². The Balaban J connectivity index is 2.61. The first-order valence-corrected chi connectivity index (χ1v) is 5.23. The number of amides is 2. The third kappa shape index (κ3) is 3.70. The van der Waals surface area contributed by atoms with E-state index in [4.69, 9.17) is 0 Å². The van der Waals surface area contributed by atoms with Gasteiger partial charge in [0.1, 0.15) is 5.69 Å². The molecule has 106 valence electrons. The van der Waals surface area contributed by atoms with Crippen LogP contribution >= 0.6 is 0 Å². The van der Waals surface area contributed by atoms with Gasteiger partial charge in [-0.3, -0.25) is 0 Å². The molecule has 0 bridgehead atoms. The van der Waals surface area contributed by atoms with Crippen molar-refractivity contribution in [1.82, 2.24) is 15.2 Å². The second-order valence-corrected chi connectivity index (χ2v) is 3.75. The molecule has 2 N–H and O–H groups in total. The smallest absolute Gasteiger partial charge is 0.316 e. The summed E-state index contributed by atoms with van der Waals surface area (Å²) in [5.41, 5.74) is -0.955. The fourth-order valence-corrected chi connectivity index (χ4v) is 1.16. The van der Waals surface area contributed by atoms with Gasteiger partial charge in [0.15, 0.2) is 0 Å². The summed E-state index contributed by atoms with van der Waals surface area (Å²) >= 11 is 0. The average Bonchev–Trinajstić information content (AvgIpc) is 2.35. The van der Waals surface area contributed by atoms with Gasteiger partial charge in [-0.25, -0.2) is 4.79 Å². The molecule has 1 aromatic heterocycles. The van der Waals surface area contributed by atoms with E-state index in [-0.39, 0.29) is 13.1 Å². The van der Waals surface area contributed by atoms with E-state index in [0.29, 0.717) is 0 Å². The number of aromatic nitrogens is 1. The molecule has 0 radical (unpaired) electrons. The number of pyridine rings is 1. The zero-order chi connectivity index (χ0) is 14.6. The zero-order valence-corrected chi connectivity index (χ0v) is 10.2. The van der Waals surface area contributed by atoms with Gasteiger partial charge in [-0.1, -0.05) is 0 Å². The Kier molecular flexibility index (Phi) is 4.90. The summed E-state index contributed by atoms with van der Waals surface area (Å²) in [6, 6.07) is -0.408. The second kappa shape index (κ2) is 6.21. The number of anilines is 1. The van der Waals surface area contributed by atoms with E-state index in [0.717, 1.165) is 0 Å². The second-order valence-electron chi connectivity index (χ2n) is 3.75. The van der Waals surface area contributed by atoms with E-state index in [1.54, 1.807) is 0 Å². The van der Waals surface area contributed by atoms with Crippen molar-refractivity contribution < 1.29 is 22.4 Å². The molecule has 1 rings (SSSR count). The van der Waals surface area contributed by atoms with E-state index >= 15 is 0 Å². The highest BCUT2D eigenvalue weighted by Crippen LogP contribution is 2.21. The molecule has 9 heteroatoms. The maximum absolute atomic E-state index is 13.2. The lowest BCUT2D eigenvalue weighted by atomic mass is 10.3. The van der Waals surface area contributed by atoms with Crippen molar-refractivity contribution in [2.45, 2.75) is 0 Å². The monoisotopic (exact) mass is 280 g/mol. The Hall–Kier alpha value is -2.06. The number of hydrogen-bond acceptors (Lipinski definition) is 3. The van der Waals surface area contributed by atoms with Crippen molar-refractivity contribution in [3.8, 4) is 0 Å². The molecule has 0 fully saturated rings. The van der Waals surface area contributed by atoms with Crippen LogP contribution < -0.4 is 10.6 Å². The van der Waals surface area contributed by atoms with Crippen molar-refractivity contribution in [1.29, 1.82) is 0 Å². The highest BCUT2D eigenvalue weighted by Gasteiger charge is 2.20. The van der Waals surface area contributed by atoms with Crippen LogP contribution in [0.4, 0.5) is 28.0 Å². The van der Waals surface area contributed by atoms with Gasteiger partial charge in [-0.2, -0.15) is 22.5 Å². The number of carbonyl (C=O) groups is 1. The van der Waals surface area contributed by atoms with Crippen LogP contribution in [0.15, 0.2) is 0 Å². The molecule has 0 spiro atoms. The lowest BCUT2D eigenvalue weighted by Crippen LogP contribution is -2.37. The molecule has 0 aliphatic heterocycles. The molecule has 2 amide bonds. The maximum atomic E-state index is 13.2. The number of hydrogen-bond donors (Lipinski definition) is 2. The molecular weight excluding hydrogens is 268 g/mol. The van der Waals surface area contributed by atoms with Gasteiger partial charge in [0.05, 0.1) is 0 Å². The topological polar surface area (TPSA) is 57.3 Å². The van der Waals surface area contributed by atoms with Crippen LogP contribution in [0.3, 0.4) is 0 Å². The number of urea groups is 1. The predicted octanol–water partition coefficient (Wildman–Crippen LogP) is 1.32. The van der Waals surface area contributed by atoms with Gasteiger partial charge < -0.3 is 15.5 Å². The van der Waals surface area contributed by atoms with Crippen LogP contribution in [0, 0.1) is 23.5 Å². The summed E-state index contributed by atoms with van der Waals surface area (Å²) in [6.07, 6.45) is 0. The number of carbonyl (C=O) groups excluding carboxylic acids is 1. The molecule has 0 atom stereocenters. The molecule has 5 nitrogen and oxygen atoms in total. The molecule has 1 aromatic rings. The zero-order valence-electron chi connectivity index (χ0n) is 10.2. The standard InChI is InChI=1S/C10H12F4N4O/c1-18(2)10(19)16-4-3-15-7-5(11)8(13)17-9(14)6(7)12/h3-4H2,1-2H3,(H,15,17)(H,16,19). The molecular formula is C10H12F4N4O. The van der Waals surface area contributed by atoms with E-state index in [1.165, 1.54) is 19.0 Å². The summed E-state index contributed by atoms with van der Waals surface area (Å²) < 4.78 is 51.8. The highest BCUT2D eigenvalue weighted by molar-refractivity contribution is 5.73. The van der Waals surface area contributed by atoms with Crippen LogP contribution in [0.5, 0.6) is 0 Å². The Labute approximate surface area is 106 Å². The van der Waals surface area contributed by atoms with Crippen molar-refractivity contribution >= 4 is 11.7 Å². The van der Waals surface area contributed by atoms with Gasteiger partial charge >= 0.3 is 6.03 Å². The lowest BCUT2D eigenvalue weighted by molar-refractivity contribution is 0.218. The SMILES string of the molecule is CN(C)C(=O)NCCNc1c(F)c(F)nc(F)c1F. The number of halogens is 4. The normalized spacial score (nSPS) is 10.2. The van der Waals surface area contributed by atoms with Crippen LogP contribution in [-0.4, -0.2) is 43.1 Å². The minimum atomic E-state index is -1.74. The molecule has 0 saturated carbocycles. The van der Waals surface area contributed by atoms with Crippen molar-refractivity contribution in [2.75, 3.05) is 32.5 Å². The van der Waals surface area contributed by atoms with Gasteiger partial charge in [-0.05, 0) is 0 Å². The molecule has 19 heavy (non-hydrogen) atoms. The lowest BCUT2D eigenvalue weighted by Gasteiger charge is -2.13. The highest BCUT2D eigenvalue weighted by atomic mass is 19.2. The Morgan fingerprint density at radius 2 is 1.63 bits per heavy atom. The fraction of sp³-hybridized carbons (Fsp3) is 0.400. The van der Waals surface area contributed by atoms with E-state index in [9.17, 15) is 22.4 Å². The van der Waals surface area contributed by atoms with Crippen molar-refractivity contribution in [2.24, 2.45) is 0 Å². The fourth-order valence-electron chi connectivity index (χ4n) is 1.16. The largest absolute Gasteiger partial charge is 0.378 e. The predicted molar refractivity (Wildman–Crippen MR) is 59.6 cm³/mol. The van der Waals surface area contributed by atoms with Gasteiger partial charge in [0, 0.05) is 27.2 Å². The number of rotatable bonds is 4. The van der Waals surface area contributed by atoms with Crippen LogP contribution in [0.1, 0.15) is 0 Å². The molecule has 0 saturated heterocycles. The summed E-state index contributed by atoms with van der Waals surface area (Å²) in [5, 5.41) is 4.55. The van der Waals surface area contributed by atoms with E-state index < -0.39 is 35.2 Å². The summed E-state index contributed by atoms with van der Waals surface area (Å²) in [5.74, 6) is -6.70. The Morgan fingerprint density at radius 1 is 1.11 bits per heavy atom. The first kappa shape index (κ1) is 15.0. The van der Waals surface area contributed by atoms with Crippen LogP contribution in [-0.2, 0) is 0 Å².